The van der Waals surface area contributed by atoms with Gasteiger partial charge < -0.3 is 11.1 Å². The fraction of sp³-hybridized carbons (Fsp3) is 0.588. The first-order valence-electron chi connectivity index (χ1n) is 7.68. The van der Waals surface area contributed by atoms with E-state index in [1.807, 2.05) is 38.2 Å². The molecule has 2 atom stereocenters. The highest BCUT2D eigenvalue weighted by Gasteiger charge is 2.23. The zero-order valence-corrected chi connectivity index (χ0v) is 13.9. The van der Waals surface area contributed by atoms with E-state index in [0.717, 1.165) is 24.2 Å². The number of nitrogens with two attached hydrogens (primary N) is 1. The standard InChI is InChI=1S/C17H29N3O/c1-12(2)9-10-19-17(21)14(4)20(5)13(3)15-7-6-8-16(18)11-15/h6-8,11-14H,9-10,18H2,1-5H3,(H,19,21). The van der Waals surface area contributed by atoms with E-state index >= 15 is 0 Å². The lowest BCUT2D eigenvalue weighted by atomic mass is 10.0. The lowest BCUT2D eigenvalue weighted by Crippen LogP contribution is -2.44. The molecule has 21 heavy (non-hydrogen) atoms. The first kappa shape index (κ1) is 17.5. The number of hydrogen-bond acceptors (Lipinski definition) is 3. The number of carbonyl (C=O) groups excluding carboxylic acids is 1. The summed E-state index contributed by atoms with van der Waals surface area (Å²) in [5, 5.41) is 3.01. The monoisotopic (exact) mass is 291 g/mol. The molecule has 0 aromatic heterocycles. The van der Waals surface area contributed by atoms with Crippen LogP contribution >= 0.6 is 0 Å². The summed E-state index contributed by atoms with van der Waals surface area (Å²) >= 11 is 0. The Balaban J connectivity index is 2.60. The van der Waals surface area contributed by atoms with Gasteiger partial charge in [0, 0.05) is 18.3 Å². The molecule has 2 unspecified atom stereocenters. The summed E-state index contributed by atoms with van der Waals surface area (Å²) in [5.74, 6) is 0.679. The molecule has 0 spiro atoms. The van der Waals surface area contributed by atoms with Crippen LogP contribution in [0.3, 0.4) is 0 Å². The third-order valence-electron chi connectivity index (χ3n) is 4.02. The van der Waals surface area contributed by atoms with Gasteiger partial charge in [-0.2, -0.15) is 0 Å². The Morgan fingerprint density at radius 1 is 1.29 bits per heavy atom. The lowest BCUT2D eigenvalue weighted by molar-refractivity contribution is -0.126. The van der Waals surface area contributed by atoms with Crippen molar-refractivity contribution in [1.82, 2.24) is 10.2 Å². The molecule has 0 radical (unpaired) electrons. The number of anilines is 1. The molecule has 0 saturated heterocycles. The quantitative estimate of drug-likeness (QED) is 0.760. The highest BCUT2D eigenvalue weighted by Crippen LogP contribution is 2.22. The maximum absolute atomic E-state index is 12.2. The van der Waals surface area contributed by atoms with Crippen molar-refractivity contribution in [2.24, 2.45) is 5.92 Å². The van der Waals surface area contributed by atoms with Gasteiger partial charge in [-0.25, -0.2) is 0 Å². The summed E-state index contributed by atoms with van der Waals surface area (Å²) in [6.45, 7) is 9.08. The number of amides is 1. The smallest absolute Gasteiger partial charge is 0.237 e. The first-order chi connectivity index (χ1) is 9.82. The van der Waals surface area contributed by atoms with Crippen LogP contribution in [-0.2, 0) is 4.79 Å². The Kier molecular flexibility index (Phi) is 6.69. The summed E-state index contributed by atoms with van der Waals surface area (Å²) in [6.07, 6.45) is 1.01. The van der Waals surface area contributed by atoms with Crippen LogP contribution in [0.1, 0.15) is 45.7 Å². The number of nitrogen functional groups attached to an aromatic ring is 1. The van der Waals surface area contributed by atoms with Crippen molar-refractivity contribution in [3.8, 4) is 0 Å². The Labute approximate surface area is 128 Å². The van der Waals surface area contributed by atoms with Crippen LogP contribution in [0.25, 0.3) is 0 Å². The maximum Gasteiger partial charge on any atom is 0.237 e. The first-order valence-corrected chi connectivity index (χ1v) is 7.68. The summed E-state index contributed by atoms with van der Waals surface area (Å²) in [5.41, 5.74) is 7.70. The molecule has 0 aliphatic carbocycles. The summed E-state index contributed by atoms with van der Waals surface area (Å²) in [7, 11) is 1.97. The van der Waals surface area contributed by atoms with Gasteiger partial charge in [-0.15, -0.1) is 0 Å². The Hall–Kier alpha value is -1.55. The van der Waals surface area contributed by atoms with E-state index in [-0.39, 0.29) is 18.0 Å². The summed E-state index contributed by atoms with van der Waals surface area (Å²) in [4.78, 5) is 14.3. The minimum atomic E-state index is -0.173. The predicted octanol–water partition coefficient (Wildman–Crippen LogP) is 2.81. The van der Waals surface area contributed by atoms with Gasteiger partial charge in [0.25, 0.3) is 0 Å². The van der Waals surface area contributed by atoms with E-state index in [9.17, 15) is 4.79 Å². The Morgan fingerprint density at radius 2 is 1.95 bits per heavy atom. The molecule has 0 saturated carbocycles. The maximum atomic E-state index is 12.2. The molecule has 4 nitrogen and oxygen atoms in total. The molecule has 1 aromatic rings. The van der Waals surface area contributed by atoms with Crippen LogP contribution in [0, 0.1) is 5.92 Å². The van der Waals surface area contributed by atoms with Gasteiger partial charge in [0.05, 0.1) is 6.04 Å². The molecule has 0 fully saturated rings. The Morgan fingerprint density at radius 3 is 2.52 bits per heavy atom. The third kappa shape index (κ3) is 5.38. The molecular weight excluding hydrogens is 262 g/mol. The van der Waals surface area contributed by atoms with Crippen molar-refractivity contribution in [1.29, 1.82) is 0 Å². The third-order valence-corrected chi connectivity index (χ3v) is 4.02. The normalized spacial score (nSPS) is 14.2. The minimum Gasteiger partial charge on any atom is -0.399 e. The average molecular weight is 291 g/mol. The fourth-order valence-electron chi connectivity index (χ4n) is 2.21. The highest BCUT2D eigenvalue weighted by molar-refractivity contribution is 5.81. The fourth-order valence-corrected chi connectivity index (χ4v) is 2.21. The van der Waals surface area contributed by atoms with Gasteiger partial charge in [-0.3, -0.25) is 9.69 Å². The number of carbonyl (C=O) groups is 1. The van der Waals surface area contributed by atoms with Gasteiger partial charge in [0.1, 0.15) is 0 Å². The number of likely N-dealkylation sites (N-methyl/N-ethyl adjacent to an activating group) is 1. The van der Waals surface area contributed by atoms with Crippen LogP contribution in [0.2, 0.25) is 0 Å². The molecule has 118 valence electrons. The van der Waals surface area contributed by atoms with Crippen LogP contribution < -0.4 is 11.1 Å². The van der Waals surface area contributed by atoms with Crippen molar-refractivity contribution >= 4 is 11.6 Å². The topological polar surface area (TPSA) is 58.4 Å². The molecule has 0 aliphatic rings. The predicted molar refractivity (Wildman–Crippen MR) is 89.0 cm³/mol. The second-order valence-electron chi connectivity index (χ2n) is 6.16. The van der Waals surface area contributed by atoms with Crippen molar-refractivity contribution in [3.63, 3.8) is 0 Å². The lowest BCUT2D eigenvalue weighted by Gasteiger charge is -2.30. The van der Waals surface area contributed by atoms with Crippen LogP contribution in [-0.4, -0.2) is 30.4 Å². The SMILES string of the molecule is CC(C)CCNC(=O)C(C)N(C)C(C)c1cccc(N)c1. The van der Waals surface area contributed by atoms with E-state index in [1.165, 1.54) is 0 Å². The number of benzene rings is 1. The van der Waals surface area contributed by atoms with Gasteiger partial charge in [-0.05, 0) is 50.9 Å². The number of nitrogens with zero attached hydrogens (tertiary/aromatic N) is 1. The largest absolute Gasteiger partial charge is 0.399 e. The van der Waals surface area contributed by atoms with Crippen LogP contribution in [0.15, 0.2) is 24.3 Å². The number of rotatable bonds is 7. The van der Waals surface area contributed by atoms with Crippen molar-refractivity contribution in [2.75, 3.05) is 19.3 Å². The van der Waals surface area contributed by atoms with Gasteiger partial charge in [0.15, 0.2) is 0 Å². The average Bonchev–Trinajstić information content (AvgIpc) is 2.44. The van der Waals surface area contributed by atoms with E-state index < -0.39 is 0 Å². The van der Waals surface area contributed by atoms with E-state index in [1.54, 1.807) is 0 Å². The van der Waals surface area contributed by atoms with E-state index in [4.69, 9.17) is 5.73 Å². The molecule has 4 heteroatoms. The molecule has 3 N–H and O–H groups in total. The van der Waals surface area contributed by atoms with E-state index in [2.05, 4.69) is 31.0 Å². The van der Waals surface area contributed by atoms with Crippen LogP contribution in [0.5, 0.6) is 0 Å². The van der Waals surface area contributed by atoms with Crippen molar-refractivity contribution < 1.29 is 4.79 Å². The molecule has 0 aliphatic heterocycles. The van der Waals surface area contributed by atoms with Gasteiger partial charge in [0.2, 0.25) is 5.91 Å². The minimum absolute atomic E-state index is 0.0777. The zero-order chi connectivity index (χ0) is 16.0. The van der Waals surface area contributed by atoms with Crippen LogP contribution in [0.4, 0.5) is 5.69 Å². The number of hydrogen-bond donors (Lipinski definition) is 2. The van der Waals surface area contributed by atoms with Gasteiger partial charge in [-0.1, -0.05) is 26.0 Å². The second kappa shape index (κ2) is 8.03. The summed E-state index contributed by atoms with van der Waals surface area (Å²) < 4.78 is 0. The second-order valence-corrected chi connectivity index (χ2v) is 6.16. The molecule has 1 aromatic carbocycles. The zero-order valence-electron chi connectivity index (χ0n) is 13.9. The molecular formula is C17H29N3O. The van der Waals surface area contributed by atoms with E-state index in [0.29, 0.717) is 5.92 Å². The summed E-state index contributed by atoms with van der Waals surface area (Å²) in [6, 6.07) is 7.79. The molecule has 1 rings (SSSR count). The van der Waals surface area contributed by atoms with Crippen molar-refractivity contribution in [2.45, 2.75) is 46.2 Å². The van der Waals surface area contributed by atoms with Crippen molar-refractivity contribution in [3.05, 3.63) is 29.8 Å². The van der Waals surface area contributed by atoms with Gasteiger partial charge >= 0.3 is 0 Å². The molecule has 0 bridgehead atoms. The number of nitrogens with one attached hydrogen (secondary N) is 1. The molecule has 1 amide bonds. The Bertz CT molecular complexity index is 459. The molecule has 0 heterocycles. The highest BCUT2D eigenvalue weighted by atomic mass is 16.2.